The van der Waals surface area contributed by atoms with Crippen LogP contribution in [-0.2, 0) is 16.0 Å². The van der Waals surface area contributed by atoms with E-state index in [0.717, 1.165) is 24.1 Å². The van der Waals surface area contributed by atoms with Crippen molar-refractivity contribution >= 4 is 29.1 Å². The molecule has 6 heteroatoms. The van der Waals surface area contributed by atoms with E-state index in [1.54, 1.807) is 29.2 Å². The van der Waals surface area contributed by atoms with Crippen molar-refractivity contribution in [3.8, 4) is 0 Å². The van der Waals surface area contributed by atoms with Crippen molar-refractivity contribution in [1.82, 2.24) is 0 Å². The molecule has 1 amide bonds. The van der Waals surface area contributed by atoms with Crippen LogP contribution in [-0.4, -0.2) is 36.6 Å². The molecule has 3 aromatic carbocycles. The molecule has 2 aliphatic rings. The lowest BCUT2D eigenvalue weighted by atomic mass is 9.82. The summed E-state index contributed by atoms with van der Waals surface area (Å²) in [4.78, 5) is 53.2. The minimum atomic E-state index is -0.805. The maximum absolute atomic E-state index is 13.1. The van der Waals surface area contributed by atoms with Crippen molar-refractivity contribution in [3.63, 3.8) is 0 Å². The summed E-state index contributed by atoms with van der Waals surface area (Å²) < 4.78 is 5.30. The summed E-state index contributed by atoms with van der Waals surface area (Å²) in [6.45, 7) is 0.105. The van der Waals surface area contributed by atoms with Gasteiger partial charge in [0.2, 0.25) is 0 Å². The number of nitrogens with zero attached hydrogens (tertiary/aromatic N) is 1. The highest BCUT2D eigenvalue weighted by molar-refractivity contribution is 6.30. The van der Waals surface area contributed by atoms with Gasteiger partial charge in [-0.1, -0.05) is 54.6 Å². The number of carbonyl (C=O) groups excluding carboxylic acids is 4. The van der Waals surface area contributed by atoms with Gasteiger partial charge in [-0.25, -0.2) is 4.79 Å². The minimum Gasteiger partial charge on any atom is -0.452 e. The van der Waals surface area contributed by atoms with Crippen LogP contribution in [0.2, 0.25) is 0 Å². The Morgan fingerprint density at radius 3 is 2.31 bits per heavy atom. The molecule has 0 spiro atoms. The smallest absolute Gasteiger partial charge is 0.339 e. The summed E-state index contributed by atoms with van der Waals surface area (Å²) in [5, 5.41) is 0. The molecule has 0 aromatic heterocycles. The average molecular weight is 425 g/mol. The Kier molecular flexibility index (Phi) is 4.90. The summed E-state index contributed by atoms with van der Waals surface area (Å²) in [6.07, 6.45) is 1.73. The number of hydrogen-bond donors (Lipinski definition) is 0. The third-order valence-corrected chi connectivity index (χ3v) is 5.91. The number of amides is 1. The van der Waals surface area contributed by atoms with E-state index in [1.165, 1.54) is 18.2 Å². The van der Waals surface area contributed by atoms with Crippen LogP contribution in [0.4, 0.5) is 5.69 Å². The Bertz CT molecular complexity index is 1290. The predicted molar refractivity (Wildman–Crippen MR) is 117 cm³/mol. The average Bonchev–Trinajstić information content (AvgIpc) is 2.84. The minimum absolute atomic E-state index is 0.0119. The van der Waals surface area contributed by atoms with Crippen LogP contribution < -0.4 is 4.90 Å². The first-order chi connectivity index (χ1) is 15.6. The first kappa shape index (κ1) is 19.9. The molecule has 0 atom stereocenters. The quantitative estimate of drug-likeness (QED) is 0.469. The second kappa shape index (κ2) is 7.89. The van der Waals surface area contributed by atoms with Crippen LogP contribution >= 0.6 is 0 Å². The fourth-order valence-corrected chi connectivity index (χ4v) is 4.39. The van der Waals surface area contributed by atoms with Gasteiger partial charge in [0.1, 0.15) is 0 Å². The van der Waals surface area contributed by atoms with Gasteiger partial charge >= 0.3 is 5.97 Å². The van der Waals surface area contributed by atoms with Gasteiger partial charge in [0, 0.05) is 34.5 Å². The van der Waals surface area contributed by atoms with Gasteiger partial charge in [0.05, 0.1) is 5.56 Å². The second-order valence-corrected chi connectivity index (χ2v) is 7.79. The number of carbonyl (C=O) groups is 4. The highest BCUT2D eigenvalue weighted by atomic mass is 16.5. The van der Waals surface area contributed by atoms with Gasteiger partial charge in [-0.15, -0.1) is 0 Å². The molecular formula is C26H19NO5. The SMILES string of the molecule is O=C(OCC(=O)N1CCCc2ccccc21)c1cccc2c1C(=O)c1ccccc1C2=O. The first-order valence-electron chi connectivity index (χ1n) is 10.4. The summed E-state index contributed by atoms with van der Waals surface area (Å²) >= 11 is 0. The number of rotatable bonds is 3. The Balaban J connectivity index is 1.38. The van der Waals surface area contributed by atoms with Gasteiger partial charge in [-0.2, -0.15) is 0 Å². The highest BCUT2D eigenvalue weighted by Crippen LogP contribution is 2.30. The summed E-state index contributed by atoms with van der Waals surface area (Å²) in [7, 11) is 0. The van der Waals surface area contributed by atoms with Crippen LogP contribution in [0, 0.1) is 0 Å². The number of anilines is 1. The Morgan fingerprint density at radius 1 is 0.812 bits per heavy atom. The number of hydrogen-bond acceptors (Lipinski definition) is 5. The lowest BCUT2D eigenvalue weighted by molar-refractivity contribution is -0.121. The zero-order valence-electron chi connectivity index (χ0n) is 17.2. The van der Waals surface area contributed by atoms with E-state index in [9.17, 15) is 19.2 Å². The van der Waals surface area contributed by atoms with E-state index in [1.807, 2.05) is 24.3 Å². The zero-order valence-corrected chi connectivity index (χ0v) is 17.2. The maximum Gasteiger partial charge on any atom is 0.339 e. The molecule has 3 aromatic rings. The molecule has 32 heavy (non-hydrogen) atoms. The summed E-state index contributed by atoms with van der Waals surface area (Å²) in [6, 6.07) is 18.7. The van der Waals surface area contributed by atoms with E-state index in [4.69, 9.17) is 4.74 Å². The van der Waals surface area contributed by atoms with Gasteiger partial charge in [0.25, 0.3) is 5.91 Å². The van der Waals surface area contributed by atoms with E-state index in [2.05, 4.69) is 0 Å². The highest BCUT2D eigenvalue weighted by Gasteiger charge is 2.33. The maximum atomic E-state index is 13.1. The fraction of sp³-hybridized carbons (Fsp3) is 0.154. The lowest BCUT2D eigenvalue weighted by Crippen LogP contribution is -2.38. The van der Waals surface area contributed by atoms with Gasteiger partial charge in [-0.05, 0) is 30.5 Å². The first-order valence-corrected chi connectivity index (χ1v) is 10.4. The molecule has 0 fully saturated rings. The second-order valence-electron chi connectivity index (χ2n) is 7.79. The van der Waals surface area contributed by atoms with Crippen LogP contribution in [0.3, 0.4) is 0 Å². The number of ketones is 2. The van der Waals surface area contributed by atoms with Crippen molar-refractivity contribution in [1.29, 1.82) is 0 Å². The normalized spacial score (nSPS) is 14.3. The molecule has 1 heterocycles. The largest absolute Gasteiger partial charge is 0.452 e. The van der Waals surface area contributed by atoms with Crippen LogP contribution in [0.5, 0.6) is 0 Å². The van der Waals surface area contributed by atoms with Crippen molar-refractivity contribution < 1.29 is 23.9 Å². The fourth-order valence-electron chi connectivity index (χ4n) is 4.39. The van der Waals surface area contributed by atoms with Crippen molar-refractivity contribution in [2.24, 2.45) is 0 Å². The number of ether oxygens (including phenoxy) is 1. The van der Waals surface area contributed by atoms with Gasteiger partial charge in [0.15, 0.2) is 18.2 Å². The molecule has 5 rings (SSSR count). The molecule has 0 N–H and O–H groups in total. The Labute approximate surface area is 184 Å². The molecule has 0 saturated heterocycles. The van der Waals surface area contributed by atoms with Gasteiger partial charge in [-0.3, -0.25) is 14.4 Å². The Morgan fingerprint density at radius 2 is 1.50 bits per heavy atom. The molecule has 1 aliphatic carbocycles. The number of aryl methyl sites for hydroxylation is 1. The number of benzene rings is 3. The molecular weight excluding hydrogens is 406 g/mol. The number of para-hydroxylation sites is 1. The topological polar surface area (TPSA) is 80.8 Å². The molecule has 0 bridgehead atoms. The van der Waals surface area contributed by atoms with E-state index in [-0.39, 0.29) is 33.9 Å². The molecule has 6 nitrogen and oxygen atoms in total. The summed E-state index contributed by atoms with van der Waals surface area (Å²) in [5.41, 5.74) is 2.66. The molecule has 1 aliphatic heterocycles. The molecule has 0 unspecified atom stereocenters. The predicted octanol–water partition coefficient (Wildman–Crippen LogP) is 3.60. The third-order valence-electron chi connectivity index (χ3n) is 5.91. The van der Waals surface area contributed by atoms with Crippen LogP contribution in [0.15, 0.2) is 66.7 Å². The summed E-state index contributed by atoms with van der Waals surface area (Å²) in [5.74, 6) is -1.85. The Hall–Kier alpha value is -4.06. The van der Waals surface area contributed by atoms with E-state index >= 15 is 0 Å². The number of esters is 1. The molecule has 0 saturated carbocycles. The van der Waals surface area contributed by atoms with Crippen LogP contribution in [0.25, 0.3) is 0 Å². The van der Waals surface area contributed by atoms with E-state index < -0.39 is 18.4 Å². The van der Waals surface area contributed by atoms with Crippen molar-refractivity contribution in [3.05, 3.63) is 100 Å². The molecule has 158 valence electrons. The zero-order chi connectivity index (χ0) is 22.2. The van der Waals surface area contributed by atoms with E-state index in [0.29, 0.717) is 12.1 Å². The van der Waals surface area contributed by atoms with Crippen molar-refractivity contribution in [2.45, 2.75) is 12.8 Å². The van der Waals surface area contributed by atoms with Gasteiger partial charge < -0.3 is 9.64 Å². The number of fused-ring (bicyclic) bond motifs is 3. The molecule has 0 radical (unpaired) electrons. The van der Waals surface area contributed by atoms with Crippen molar-refractivity contribution in [2.75, 3.05) is 18.1 Å². The van der Waals surface area contributed by atoms with Crippen LogP contribution in [0.1, 0.15) is 54.2 Å². The monoisotopic (exact) mass is 425 g/mol. The lowest BCUT2D eigenvalue weighted by Gasteiger charge is -2.29. The third kappa shape index (κ3) is 3.21. The standard InChI is InChI=1S/C26H19NO5/c28-22(27-14-6-8-16-7-1-4-13-21(16)27)15-32-26(31)20-12-5-11-19-23(20)25(30)18-10-3-2-9-17(18)24(19)29/h1-5,7,9-13H,6,8,14-15H2.